The van der Waals surface area contributed by atoms with Crippen LogP contribution >= 0.6 is 0 Å². The molecule has 0 spiro atoms. The van der Waals surface area contributed by atoms with Crippen molar-refractivity contribution < 1.29 is 28.7 Å². The molecule has 0 bridgehead atoms. The van der Waals surface area contributed by atoms with Crippen LogP contribution in [-0.2, 0) is 28.7 Å². The molecule has 0 atom stereocenters. The van der Waals surface area contributed by atoms with E-state index in [1.54, 1.807) is 29.2 Å². The molecule has 9 heteroatoms. The second kappa shape index (κ2) is 8.55. The van der Waals surface area contributed by atoms with Gasteiger partial charge in [0.15, 0.2) is 18.8 Å². The lowest BCUT2D eigenvalue weighted by Gasteiger charge is -2.34. The molecular formula is C19H21N3O6. The molecule has 0 radical (unpaired) electrons. The number of rotatable bonds is 5. The number of esters is 1. The van der Waals surface area contributed by atoms with Gasteiger partial charge in [-0.25, -0.2) is 4.79 Å². The molecule has 1 aromatic rings. The standard InChI is InChI=1S/C19H21N3O6/c1-13(23)21-7-9-22(10-8-21)16(25)12-28-19(26)17-15(24)11-27-18(17)20-14-5-3-2-4-6-14/h2-6,20H,7-12H2,1H3. The van der Waals surface area contributed by atoms with Crippen molar-refractivity contribution in [2.24, 2.45) is 0 Å². The first-order chi connectivity index (χ1) is 13.5. The van der Waals surface area contributed by atoms with Crippen molar-refractivity contribution in [2.75, 3.05) is 44.7 Å². The van der Waals surface area contributed by atoms with Crippen molar-refractivity contribution in [1.82, 2.24) is 9.80 Å². The molecule has 3 rings (SSSR count). The molecule has 1 aromatic carbocycles. The predicted octanol–water partition coefficient (Wildman–Crippen LogP) is 0.143. The molecule has 2 amide bonds. The van der Waals surface area contributed by atoms with Crippen LogP contribution in [0.25, 0.3) is 0 Å². The number of benzene rings is 1. The number of amides is 2. The number of ether oxygens (including phenoxy) is 2. The van der Waals surface area contributed by atoms with Gasteiger partial charge in [0.05, 0.1) is 0 Å². The fourth-order valence-electron chi connectivity index (χ4n) is 2.93. The number of hydrogen-bond acceptors (Lipinski definition) is 7. The van der Waals surface area contributed by atoms with Gasteiger partial charge in [-0.3, -0.25) is 14.4 Å². The number of para-hydroxylation sites is 1. The quantitative estimate of drug-likeness (QED) is 0.566. The summed E-state index contributed by atoms with van der Waals surface area (Å²) in [7, 11) is 0. The maximum atomic E-state index is 12.3. The maximum Gasteiger partial charge on any atom is 0.347 e. The molecule has 0 saturated carbocycles. The minimum Gasteiger partial charge on any atom is -0.470 e. The van der Waals surface area contributed by atoms with E-state index in [4.69, 9.17) is 9.47 Å². The van der Waals surface area contributed by atoms with Gasteiger partial charge in [0.2, 0.25) is 17.6 Å². The predicted molar refractivity (Wildman–Crippen MR) is 97.8 cm³/mol. The Morgan fingerprint density at radius 3 is 2.36 bits per heavy atom. The molecule has 0 unspecified atom stereocenters. The van der Waals surface area contributed by atoms with Gasteiger partial charge in [-0.1, -0.05) is 18.2 Å². The number of anilines is 1. The Hall–Kier alpha value is -3.36. The van der Waals surface area contributed by atoms with Crippen molar-refractivity contribution in [1.29, 1.82) is 0 Å². The second-order valence-corrected chi connectivity index (χ2v) is 6.37. The molecule has 1 saturated heterocycles. The SMILES string of the molecule is CC(=O)N1CCN(C(=O)COC(=O)C2=C(Nc3ccccc3)OCC2=O)CC1. The number of nitrogens with one attached hydrogen (secondary N) is 1. The minimum absolute atomic E-state index is 0.0173. The van der Waals surface area contributed by atoms with Crippen LogP contribution in [0.2, 0.25) is 0 Å². The number of carbonyl (C=O) groups excluding carboxylic acids is 4. The van der Waals surface area contributed by atoms with E-state index in [0.717, 1.165) is 0 Å². The van der Waals surface area contributed by atoms with Crippen LogP contribution in [0.1, 0.15) is 6.92 Å². The smallest absolute Gasteiger partial charge is 0.347 e. The van der Waals surface area contributed by atoms with Crippen molar-refractivity contribution in [3.63, 3.8) is 0 Å². The average molecular weight is 387 g/mol. The first kappa shape index (κ1) is 19.4. The topological polar surface area (TPSA) is 105 Å². The number of Topliss-reactive ketones (excluding diaryl/α,β-unsaturated/α-hetero) is 1. The Balaban J connectivity index is 1.57. The van der Waals surface area contributed by atoms with Crippen molar-refractivity contribution >= 4 is 29.3 Å². The molecule has 1 N–H and O–H groups in total. The van der Waals surface area contributed by atoms with E-state index in [1.807, 2.05) is 6.07 Å². The molecular weight excluding hydrogens is 366 g/mol. The van der Waals surface area contributed by atoms with Crippen LogP contribution in [0.4, 0.5) is 5.69 Å². The lowest BCUT2D eigenvalue weighted by atomic mass is 10.2. The lowest BCUT2D eigenvalue weighted by Crippen LogP contribution is -2.51. The van der Waals surface area contributed by atoms with Gasteiger partial charge in [0, 0.05) is 38.8 Å². The monoisotopic (exact) mass is 387 g/mol. The van der Waals surface area contributed by atoms with Gasteiger partial charge in [0.1, 0.15) is 0 Å². The summed E-state index contributed by atoms with van der Waals surface area (Å²) >= 11 is 0. The summed E-state index contributed by atoms with van der Waals surface area (Å²) in [5, 5.41) is 2.87. The molecule has 0 aliphatic carbocycles. The van der Waals surface area contributed by atoms with Gasteiger partial charge >= 0.3 is 5.97 Å². The molecule has 2 aliphatic rings. The highest BCUT2D eigenvalue weighted by molar-refractivity contribution is 6.20. The number of ketones is 1. The van der Waals surface area contributed by atoms with E-state index in [9.17, 15) is 19.2 Å². The van der Waals surface area contributed by atoms with E-state index in [0.29, 0.717) is 31.9 Å². The number of carbonyl (C=O) groups is 4. The third-order valence-electron chi connectivity index (χ3n) is 4.49. The van der Waals surface area contributed by atoms with Crippen LogP contribution in [0, 0.1) is 0 Å². The highest BCUT2D eigenvalue weighted by Gasteiger charge is 2.33. The van der Waals surface area contributed by atoms with Gasteiger partial charge in [-0.2, -0.15) is 0 Å². The van der Waals surface area contributed by atoms with E-state index in [2.05, 4.69) is 5.32 Å². The molecule has 28 heavy (non-hydrogen) atoms. The minimum atomic E-state index is -0.906. The fraction of sp³-hybridized carbons (Fsp3) is 0.368. The summed E-state index contributed by atoms with van der Waals surface area (Å²) in [4.78, 5) is 51.1. The largest absolute Gasteiger partial charge is 0.470 e. The molecule has 1 fully saturated rings. The van der Waals surface area contributed by atoms with Crippen LogP contribution in [0.3, 0.4) is 0 Å². The molecule has 2 heterocycles. The summed E-state index contributed by atoms with van der Waals surface area (Å²) in [5.74, 6) is -1.81. The average Bonchev–Trinajstić information content (AvgIpc) is 3.06. The molecule has 2 aliphatic heterocycles. The zero-order valence-electron chi connectivity index (χ0n) is 15.5. The highest BCUT2D eigenvalue weighted by Crippen LogP contribution is 2.20. The molecule has 148 valence electrons. The highest BCUT2D eigenvalue weighted by atomic mass is 16.5. The third kappa shape index (κ3) is 4.48. The number of piperazine rings is 1. The Kier molecular flexibility index (Phi) is 5.93. The Bertz CT molecular complexity index is 812. The zero-order valence-corrected chi connectivity index (χ0v) is 15.5. The summed E-state index contributed by atoms with van der Waals surface area (Å²) in [6.07, 6.45) is 0. The van der Waals surface area contributed by atoms with Gasteiger partial charge in [-0.05, 0) is 12.1 Å². The Morgan fingerprint density at radius 1 is 1.07 bits per heavy atom. The van der Waals surface area contributed by atoms with E-state index in [-0.39, 0.29) is 29.9 Å². The van der Waals surface area contributed by atoms with Gasteiger partial charge in [-0.15, -0.1) is 0 Å². The van der Waals surface area contributed by atoms with E-state index in [1.165, 1.54) is 11.8 Å². The number of hydrogen-bond donors (Lipinski definition) is 1. The van der Waals surface area contributed by atoms with Crippen LogP contribution in [0.15, 0.2) is 41.8 Å². The summed E-state index contributed by atoms with van der Waals surface area (Å²) in [6, 6.07) is 8.93. The fourth-order valence-corrected chi connectivity index (χ4v) is 2.93. The summed E-state index contributed by atoms with van der Waals surface area (Å²) in [6.45, 7) is 2.38. The van der Waals surface area contributed by atoms with Crippen LogP contribution < -0.4 is 5.32 Å². The normalized spacial score (nSPS) is 16.7. The summed E-state index contributed by atoms with van der Waals surface area (Å²) < 4.78 is 10.3. The second-order valence-electron chi connectivity index (χ2n) is 6.37. The first-order valence-corrected chi connectivity index (χ1v) is 8.88. The van der Waals surface area contributed by atoms with E-state index >= 15 is 0 Å². The number of nitrogens with zero attached hydrogens (tertiary/aromatic N) is 2. The molecule has 0 aromatic heterocycles. The van der Waals surface area contributed by atoms with Crippen molar-refractivity contribution in [2.45, 2.75) is 6.92 Å². The van der Waals surface area contributed by atoms with Crippen molar-refractivity contribution in [3.8, 4) is 0 Å². The van der Waals surface area contributed by atoms with E-state index < -0.39 is 18.4 Å². The van der Waals surface area contributed by atoms with Crippen molar-refractivity contribution in [3.05, 3.63) is 41.8 Å². The Labute approximate surface area is 161 Å². The van der Waals surface area contributed by atoms with Gasteiger partial charge < -0.3 is 24.6 Å². The van der Waals surface area contributed by atoms with Gasteiger partial charge in [0.25, 0.3) is 5.91 Å². The maximum absolute atomic E-state index is 12.3. The van der Waals surface area contributed by atoms with Crippen LogP contribution in [0.5, 0.6) is 0 Å². The first-order valence-electron chi connectivity index (χ1n) is 8.88. The Morgan fingerprint density at radius 2 is 1.71 bits per heavy atom. The zero-order chi connectivity index (χ0) is 20.1. The molecule has 9 nitrogen and oxygen atoms in total. The third-order valence-corrected chi connectivity index (χ3v) is 4.49. The van der Waals surface area contributed by atoms with Crippen LogP contribution in [-0.4, -0.2) is 72.8 Å². The lowest BCUT2D eigenvalue weighted by molar-refractivity contribution is -0.151. The summed E-state index contributed by atoms with van der Waals surface area (Å²) in [5.41, 5.74) is 0.412.